The summed E-state index contributed by atoms with van der Waals surface area (Å²) in [5.74, 6) is 0.477. The predicted octanol–water partition coefficient (Wildman–Crippen LogP) is 4.79. The van der Waals surface area contributed by atoms with Crippen LogP contribution >= 0.6 is 0 Å². The minimum Gasteiger partial charge on any atom is -0.299 e. The normalized spacial score (nSPS) is 22.1. The topological polar surface area (TPSA) is 60.2 Å². The summed E-state index contributed by atoms with van der Waals surface area (Å²) in [6, 6.07) is 6.49. The molecule has 0 radical (unpaired) electrons. The Bertz CT molecular complexity index is 548. The first kappa shape index (κ1) is 16.4. The fraction of sp³-hybridized carbons (Fsp3) is 0.500. The van der Waals surface area contributed by atoms with E-state index in [9.17, 15) is 14.9 Å². The Morgan fingerprint density at radius 3 is 2.64 bits per heavy atom. The fourth-order valence-corrected chi connectivity index (χ4v) is 3.19. The third-order valence-corrected chi connectivity index (χ3v) is 4.34. The highest BCUT2D eigenvalue weighted by Crippen LogP contribution is 2.38. The van der Waals surface area contributed by atoms with Gasteiger partial charge in [-0.05, 0) is 37.2 Å². The van der Waals surface area contributed by atoms with Gasteiger partial charge in [0.2, 0.25) is 0 Å². The average Bonchev–Trinajstić information content (AvgIpc) is 2.52. The van der Waals surface area contributed by atoms with Crippen LogP contribution in [0.25, 0.3) is 0 Å². The van der Waals surface area contributed by atoms with E-state index in [2.05, 4.69) is 19.1 Å². The lowest BCUT2D eigenvalue weighted by atomic mass is 9.73. The van der Waals surface area contributed by atoms with Crippen LogP contribution < -0.4 is 0 Å². The number of carbonyl (C=O) groups is 1. The van der Waals surface area contributed by atoms with Gasteiger partial charge in [-0.3, -0.25) is 14.9 Å². The van der Waals surface area contributed by atoms with Gasteiger partial charge in [0.25, 0.3) is 5.69 Å². The molecular weight excluding hydrogens is 278 g/mol. The first-order valence-electron chi connectivity index (χ1n) is 8.05. The minimum atomic E-state index is -0.405. The monoisotopic (exact) mass is 301 g/mol. The highest BCUT2D eigenvalue weighted by Gasteiger charge is 2.32. The van der Waals surface area contributed by atoms with Crippen LogP contribution in [0.5, 0.6) is 0 Å². The van der Waals surface area contributed by atoms with Gasteiger partial charge in [-0.25, -0.2) is 0 Å². The van der Waals surface area contributed by atoms with Gasteiger partial charge in [0, 0.05) is 24.5 Å². The van der Waals surface area contributed by atoms with E-state index in [0.29, 0.717) is 12.3 Å². The van der Waals surface area contributed by atoms with Crippen molar-refractivity contribution >= 4 is 11.5 Å². The van der Waals surface area contributed by atoms with Crippen molar-refractivity contribution in [1.29, 1.82) is 0 Å². The third kappa shape index (κ3) is 4.03. The number of nitro groups is 1. The maximum Gasteiger partial charge on any atom is 0.269 e. The number of benzene rings is 1. The van der Waals surface area contributed by atoms with E-state index in [4.69, 9.17) is 0 Å². The summed E-state index contributed by atoms with van der Waals surface area (Å²) in [4.78, 5) is 22.7. The van der Waals surface area contributed by atoms with Crippen LogP contribution in [0.3, 0.4) is 0 Å². The van der Waals surface area contributed by atoms with Crippen molar-refractivity contribution in [1.82, 2.24) is 0 Å². The minimum absolute atomic E-state index is 0.0754. The molecule has 118 valence electrons. The summed E-state index contributed by atoms with van der Waals surface area (Å²) in [5.41, 5.74) is 0.996. The zero-order chi connectivity index (χ0) is 15.9. The Morgan fingerprint density at radius 1 is 1.27 bits per heavy atom. The van der Waals surface area contributed by atoms with Gasteiger partial charge in [-0.15, -0.1) is 0 Å². The maximum atomic E-state index is 12.4. The summed E-state index contributed by atoms with van der Waals surface area (Å²) < 4.78 is 0. The van der Waals surface area contributed by atoms with Gasteiger partial charge in [-0.2, -0.15) is 0 Å². The lowest BCUT2D eigenvalue weighted by Gasteiger charge is -2.30. The number of carbonyl (C=O) groups excluding carboxylic acids is 1. The van der Waals surface area contributed by atoms with Crippen LogP contribution in [0.15, 0.2) is 36.4 Å². The van der Waals surface area contributed by atoms with Crippen LogP contribution in [0.1, 0.15) is 56.9 Å². The van der Waals surface area contributed by atoms with Crippen molar-refractivity contribution in [3.63, 3.8) is 0 Å². The Labute approximate surface area is 131 Å². The smallest absolute Gasteiger partial charge is 0.269 e. The molecule has 0 aromatic heterocycles. The van der Waals surface area contributed by atoms with Crippen LogP contribution in [-0.4, -0.2) is 10.7 Å². The zero-order valence-corrected chi connectivity index (χ0v) is 13.0. The van der Waals surface area contributed by atoms with E-state index >= 15 is 0 Å². The molecule has 1 aromatic carbocycles. The van der Waals surface area contributed by atoms with Crippen LogP contribution in [0.4, 0.5) is 5.69 Å². The zero-order valence-electron chi connectivity index (χ0n) is 13.0. The first-order chi connectivity index (χ1) is 10.6. The fourth-order valence-electron chi connectivity index (χ4n) is 3.19. The number of unbranched alkanes of at least 4 members (excludes halogenated alkanes) is 1. The lowest BCUT2D eigenvalue weighted by Crippen LogP contribution is -2.26. The number of nitrogens with zero attached hydrogens (tertiary/aromatic N) is 1. The molecule has 4 heteroatoms. The van der Waals surface area contributed by atoms with E-state index < -0.39 is 4.92 Å². The second-order valence-corrected chi connectivity index (χ2v) is 5.94. The van der Waals surface area contributed by atoms with E-state index in [0.717, 1.165) is 37.7 Å². The molecule has 22 heavy (non-hydrogen) atoms. The van der Waals surface area contributed by atoms with Crippen LogP contribution in [0, 0.1) is 16.0 Å². The Morgan fingerprint density at radius 2 is 2.00 bits per heavy atom. The molecule has 2 rings (SSSR count). The van der Waals surface area contributed by atoms with E-state index in [-0.39, 0.29) is 17.4 Å². The SMILES string of the molecule is CCC/C=C/CC1CCCC(=O)C1c1ccc([N+](=O)[O-])cc1. The summed E-state index contributed by atoms with van der Waals surface area (Å²) in [5, 5.41) is 10.7. The highest BCUT2D eigenvalue weighted by atomic mass is 16.6. The molecule has 0 heterocycles. The second-order valence-electron chi connectivity index (χ2n) is 5.94. The molecule has 0 N–H and O–H groups in total. The summed E-state index contributed by atoms with van der Waals surface area (Å²) in [6.45, 7) is 2.15. The molecule has 0 amide bonds. The van der Waals surface area contributed by atoms with Crippen molar-refractivity contribution < 1.29 is 9.72 Å². The summed E-state index contributed by atoms with van der Waals surface area (Å²) >= 11 is 0. The molecule has 0 spiro atoms. The molecule has 2 unspecified atom stereocenters. The van der Waals surface area contributed by atoms with Gasteiger partial charge in [0.1, 0.15) is 5.78 Å². The van der Waals surface area contributed by atoms with Gasteiger partial charge < -0.3 is 0 Å². The molecule has 1 saturated carbocycles. The number of hydrogen-bond donors (Lipinski definition) is 0. The van der Waals surface area contributed by atoms with E-state index in [1.54, 1.807) is 12.1 Å². The maximum absolute atomic E-state index is 12.4. The predicted molar refractivity (Wildman–Crippen MR) is 86.9 cm³/mol. The van der Waals surface area contributed by atoms with Crippen molar-refractivity contribution in [2.24, 2.45) is 5.92 Å². The van der Waals surface area contributed by atoms with Crippen LogP contribution in [-0.2, 0) is 4.79 Å². The van der Waals surface area contributed by atoms with Gasteiger partial charge in [0.15, 0.2) is 0 Å². The van der Waals surface area contributed by atoms with Crippen LogP contribution in [0.2, 0.25) is 0 Å². The molecule has 0 saturated heterocycles. The number of rotatable bonds is 6. The molecule has 1 fully saturated rings. The number of nitro benzene ring substituents is 1. The van der Waals surface area contributed by atoms with Crippen molar-refractivity contribution in [2.75, 3.05) is 0 Å². The molecule has 1 aliphatic rings. The molecule has 2 atom stereocenters. The number of hydrogen-bond acceptors (Lipinski definition) is 3. The van der Waals surface area contributed by atoms with E-state index in [1.165, 1.54) is 12.1 Å². The summed E-state index contributed by atoms with van der Waals surface area (Å²) in [7, 11) is 0. The molecule has 1 aromatic rings. The Hall–Kier alpha value is -1.97. The molecule has 0 bridgehead atoms. The average molecular weight is 301 g/mol. The first-order valence-corrected chi connectivity index (χ1v) is 8.05. The quantitative estimate of drug-likeness (QED) is 0.431. The van der Waals surface area contributed by atoms with Gasteiger partial charge >= 0.3 is 0 Å². The summed E-state index contributed by atoms with van der Waals surface area (Å²) in [6.07, 6.45) is 10.1. The van der Waals surface area contributed by atoms with Crippen molar-refractivity contribution in [3.05, 3.63) is 52.1 Å². The van der Waals surface area contributed by atoms with Gasteiger partial charge in [0.05, 0.1) is 4.92 Å². The van der Waals surface area contributed by atoms with E-state index in [1.807, 2.05) is 0 Å². The number of ketones is 1. The largest absolute Gasteiger partial charge is 0.299 e. The lowest BCUT2D eigenvalue weighted by molar-refractivity contribution is -0.384. The molecular formula is C18H23NO3. The molecule has 4 nitrogen and oxygen atoms in total. The number of Topliss-reactive ketones (excluding diaryl/α,β-unsaturated/α-hetero) is 1. The Balaban J connectivity index is 2.15. The number of allylic oxidation sites excluding steroid dienone is 2. The second kappa shape index (κ2) is 7.87. The van der Waals surface area contributed by atoms with Crippen molar-refractivity contribution in [2.45, 2.75) is 51.4 Å². The standard InChI is InChI=1S/C18H23NO3/c1-2-3-4-5-7-14-8-6-9-17(20)18(14)15-10-12-16(13-11-15)19(21)22/h4-5,10-14,18H,2-3,6-9H2,1H3/b5-4+. The van der Waals surface area contributed by atoms with Gasteiger partial charge in [-0.1, -0.05) is 37.6 Å². The number of non-ortho nitro benzene ring substituents is 1. The Kier molecular flexibility index (Phi) is 5.87. The molecule has 0 aliphatic heterocycles. The third-order valence-electron chi connectivity index (χ3n) is 4.34. The highest BCUT2D eigenvalue weighted by molar-refractivity contribution is 5.86. The van der Waals surface area contributed by atoms with Crippen molar-refractivity contribution in [3.8, 4) is 0 Å². The molecule has 1 aliphatic carbocycles.